The second-order valence-corrected chi connectivity index (χ2v) is 7.64. The van der Waals surface area contributed by atoms with Crippen LogP contribution < -0.4 is 14.8 Å². The maximum Gasteiger partial charge on any atom is 0.251 e. The SMILES string of the molecule is CSc1ccc2nc(-c3ccc4c(c3)OCO4)c(CNC(=O)c3cccc(F)c3)n2n1. The molecule has 0 atom stereocenters. The third kappa shape index (κ3) is 3.68. The molecule has 0 saturated heterocycles. The van der Waals surface area contributed by atoms with Gasteiger partial charge in [0, 0.05) is 11.1 Å². The van der Waals surface area contributed by atoms with E-state index in [-0.39, 0.29) is 24.8 Å². The summed E-state index contributed by atoms with van der Waals surface area (Å²) < 4.78 is 26.1. The van der Waals surface area contributed by atoms with Gasteiger partial charge in [-0.15, -0.1) is 11.8 Å². The highest BCUT2D eigenvalue weighted by Crippen LogP contribution is 2.36. The number of carbonyl (C=O) groups is 1. The number of hydrogen-bond donors (Lipinski definition) is 1. The number of thioether (sulfide) groups is 1. The molecule has 1 N–H and O–H groups in total. The number of benzene rings is 2. The number of ether oxygens (including phenoxy) is 2. The summed E-state index contributed by atoms with van der Waals surface area (Å²) >= 11 is 1.51. The van der Waals surface area contributed by atoms with Crippen LogP contribution in [0.3, 0.4) is 0 Å². The Morgan fingerprint density at radius 3 is 2.87 bits per heavy atom. The van der Waals surface area contributed by atoms with Crippen LogP contribution in [0.2, 0.25) is 0 Å². The number of aromatic nitrogens is 3. The quantitative estimate of drug-likeness (QED) is 0.478. The Morgan fingerprint density at radius 1 is 1.16 bits per heavy atom. The van der Waals surface area contributed by atoms with Crippen LogP contribution in [0.25, 0.3) is 16.9 Å². The van der Waals surface area contributed by atoms with E-state index in [0.717, 1.165) is 10.6 Å². The van der Waals surface area contributed by atoms with Crippen LogP contribution in [0.4, 0.5) is 4.39 Å². The molecule has 0 spiro atoms. The molecule has 4 aromatic rings. The van der Waals surface area contributed by atoms with Crippen LogP contribution in [0.5, 0.6) is 11.5 Å². The van der Waals surface area contributed by atoms with Gasteiger partial charge in [-0.05, 0) is 54.8 Å². The van der Waals surface area contributed by atoms with Crippen molar-refractivity contribution in [2.24, 2.45) is 0 Å². The summed E-state index contributed by atoms with van der Waals surface area (Å²) in [5, 5.41) is 8.30. The first-order valence-corrected chi connectivity index (χ1v) is 10.7. The summed E-state index contributed by atoms with van der Waals surface area (Å²) in [5.41, 5.74) is 3.09. The highest BCUT2D eigenvalue weighted by atomic mass is 32.2. The fourth-order valence-corrected chi connectivity index (χ4v) is 3.77. The number of imidazole rings is 1. The van der Waals surface area contributed by atoms with Crippen molar-refractivity contribution in [3.63, 3.8) is 0 Å². The zero-order valence-electron chi connectivity index (χ0n) is 16.5. The maximum atomic E-state index is 13.5. The molecule has 0 aliphatic carbocycles. The number of amides is 1. The van der Waals surface area contributed by atoms with E-state index in [0.29, 0.717) is 28.5 Å². The monoisotopic (exact) mass is 436 g/mol. The standard InChI is InChI=1S/C22H17FN4O3S/c1-31-20-8-7-19-25-21(13-5-6-17-18(10-13)30-12-29-17)16(27(19)26-20)11-24-22(28)14-3-2-4-15(23)9-14/h2-10H,11-12H2,1H3,(H,24,28). The van der Waals surface area contributed by atoms with E-state index in [1.165, 1.54) is 30.0 Å². The lowest BCUT2D eigenvalue weighted by Gasteiger charge is -2.08. The van der Waals surface area contributed by atoms with Crippen molar-refractivity contribution < 1.29 is 18.7 Å². The molecule has 31 heavy (non-hydrogen) atoms. The molecule has 0 unspecified atom stereocenters. The molecule has 2 aromatic heterocycles. The summed E-state index contributed by atoms with van der Waals surface area (Å²) in [7, 11) is 0. The van der Waals surface area contributed by atoms with E-state index in [1.54, 1.807) is 10.6 Å². The van der Waals surface area contributed by atoms with Crippen molar-refractivity contribution >= 4 is 23.3 Å². The van der Waals surface area contributed by atoms with Gasteiger partial charge in [-0.1, -0.05) is 6.07 Å². The molecule has 0 fully saturated rings. The number of rotatable bonds is 5. The first-order chi connectivity index (χ1) is 15.1. The Morgan fingerprint density at radius 2 is 2.03 bits per heavy atom. The van der Waals surface area contributed by atoms with E-state index < -0.39 is 5.82 Å². The van der Waals surface area contributed by atoms with E-state index in [1.807, 2.05) is 36.6 Å². The van der Waals surface area contributed by atoms with Crippen molar-refractivity contribution in [2.75, 3.05) is 13.0 Å². The number of nitrogens with one attached hydrogen (secondary N) is 1. The Labute approximate surface area is 181 Å². The van der Waals surface area contributed by atoms with Crippen molar-refractivity contribution in [2.45, 2.75) is 11.6 Å². The minimum Gasteiger partial charge on any atom is -0.454 e. The number of fused-ring (bicyclic) bond motifs is 2. The topological polar surface area (TPSA) is 77.8 Å². The van der Waals surface area contributed by atoms with Crippen LogP contribution in [-0.4, -0.2) is 33.6 Å². The molecule has 3 heterocycles. The molecule has 9 heteroatoms. The van der Waals surface area contributed by atoms with Gasteiger partial charge in [0.25, 0.3) is 5.91 Å². The summed E-state index contributed by atoms with van der Waals surface area (Å²) in [6, 6.07) is 14.9. The summed E-state index contributed by atoms with van der Waals surface area (Å²) in [4.78, 5) is 17.3. The fraction of sp³-hybridized carbons (Fsp3) is 0.136. The predicted octanol–water partition coefficient (Wildman–Crippen LogP) is 3.92. The first kappa shape index (κ1) is 19.4. The normalized spacial score (nSPS) is 12.3. The number of nitrogens with zero attached hydrogens (tertiary/aromatic N) is 3. The van der Waals surface area contributed by atoms with Gasteiger partial charge >= 0.3 is 0 Å². The van der Waals surface area contributed by atoms with Crippen LogP contribution in [-0.2, 0) is 6.54 Å². The summed E-state index contributed by atoms with van der Waals surface area (Å²) in [6.45, 7) is 0.338. The fourth-order valence-electron chi connectivity index (χ4n) is 3.40. The van der Waals surface area contributed by atoms with Crippen LogP contribution in [0.1, 0.15) is 16.1 Å². The second-order valence-electron chi connectivity index (χ2n) is 6.81. The molecular formula is C22H17FN4O3S. The van der Waals surface area contributed by atoms with Crippen molar-refractivity contribution in [1.82, 2.24) is 19.9 Å². The molecule has 0 saturated carbocycles. The van der Waals surface area contributed by atoms with Gasteiger partial charge in [-0.2, -0.15) is 5.10 Å². The largest absolute Gasteiger partial charge is 0.454 e. The highest BCUT2D eigenvalue weighted by molar-refractivity contribution is 7.98. The molecule has 1 aliphatic rings. The Hall–Kier alpha value is -3.59. The minimum atomic E-state index is -0.463. The Kier molecular flexibility index (Phi) is 4.95. The smallest absolute Gasteiger partial charge is 0.251 e. The third-order valence-corrected chi connectivity index (χ3v) is 5.54. The van der Waals surface area contributed by atoms with Crippen molar-refractivity contribution in [3.8, 4) is 22.8 Å². The predicted molar refractivity (Wildman–Crippen MR) is 114 cm³/mol. The zero-order valence-corrected chi connectivity index (χ0v) is 17.3. The van der Waals surface area contributed by atoms with Gasteiger partial charge in [0.15, 0.2) is 17.1 Å². The number of hydrogen-bond acceptors (Lipinski definition) is 6. The van der Waals surface area contributed by atoms with Gasteiger partial charge in [0.05, 0.1) is 17.9 Å². The average Bonchev–Trinajstić information content (AvgIpc) is 3.40. The van der Waals surface area contributed by atoms with Gasteiger partial charge < -0.3 is 14.8 Å². The maximum absolute atomic E-state index is 13.5. The zero-order chi connectivity index (χ0) is 21.4. The van der Waals surface area contributed by atoms with Crippen molar-refractivity contribution in [1.29, 1.82) is 0 Å². The van der Waals surface area contributed by atoms with E-state index in [9.17, 15) is 9.18 Å². The van der Waals surface area contributed by atoms with Gasteiger partial charge in [-0.3, -0.25) is 4.79 Å². The lowest BCUT2D eigenvalue weighted by atomic mass is 10.1. The third-order valence-electron chi connectivity index (χ3n) is 4.90. The molecule has 156 valence electrons. The first-order valence-electron chi connectivity index (χ1n) is 9.49. The molecule has 5 rings (SSSR count). The van der Waals surface area contributed by atoms with Crippen molar-refractivity contribution in [3.05, 3.63) is 71.7 Å². The lowest BCUT2D eigenvalue weighted by molar-refractivity contribution is 0.0950. The Balaban J connectivity index is 1.54. The molecule has 2 aromatic carbocycles. The molecule has 7 nitrogen and oxygen atoms in total. The van der Waals surface area contributed by atoms with Gasteiger partial charge in [-0.25, -0.2) is 13.9 Å². The average molecular weight is 436 g/mol. The molecule has 1 aliphatic heterocycles. The summed E-state index contributed by atoms with van der Waals surface area (Å²) in [5.74, 6) is 0.472. The van der Waals surface area contributed by atoms with E-state index in [4.69, 9.17) is 14.5 Å². The number of halogens is 1. The van der Waals surface area contributed by atoms with Gasteiger partial charge in [0.1, 0.15) is 10.8 Å². The van der Waals surface area contributed by atoms with Gasteiger partial charge in [0.2, 0.25) is 6.79 Å². The second kappa shape index (κ2) is 7.92. The number of carbonyl (C=O) groups excluding carboxylic acids is 1. The summed E-state index contributed by atoms with van der Waals surface area (Å²) in [6.07, 6.45) is 1.94. The Bertz CT molecular complexity index is 1310. The van der Waals surface area contributed by atoms with Crippen LogP contribution >= 0.6 is 11.8 Å². The van der Waals surface area contributed by atoms with Crippen LogP contribution in [0.15, 0.2) is 59.6 Å². The van der Waals surface area contributed by atoms with E-state index >= 15 is 0 Å². The minimum absolute atomic E-state index is 0.158. The molecule has 0 bridgehead atoms. The van der Waals surface area contributed by atoms with E-state index in [2.05, 4.69) is 10.4 Å². The molecular weight excluding hydrogens is 419 g/mol. The van der Waals surface area contributed by atoms with Crippen LogP contribution in [0, 0.1) is 5.82 Å². The molecule has 0 radical (unpaired) electrons. The lowest BCUT2D eigenvalue weighted by Crippen LogP contribution is -2.24. The highest BCUT2D eigenvalue weighted by Gasteiger charge is 2.20. The molecule has 1 amide bonds.